The van der Waals surface area contributed by atoms with Crippen molar-refractivity contribution in [1.82, 2.24) is 9.78 Å². The molecule has 0 unspecified atom stereocenters. The number of aromatic nitrogens is 2. The number of carbonyl (C=O) groups is 1. The van der Waals surface area contributed by atoms with Crippen molar-refractivity contribution in [3.8, 4) is 0 Å². The SMILES string of the molecule is O=C(CCS(=O)(=O)/C=C/c1ccccc1)Nc1cnn(CCOCc2ccccc2)c1. The molecule has 0 fully saturated rings. The summed E-state index contributed by atoms with van der Waals surface area (Å²) in [7, 11) is -3.48. The number of amides is 1. The van der Waals surface area contributed by atoms with Crippen molar-refractivity contribution < 1.29 is 17.9 Å². The van der Waals surface area contributed by atoms with Gasteiger partial charge in [-0.1, -0.05) is 60.7 Å². The largest absolute Gasteiger partial charge is 0.375 e. The molecule has 0 saturated carbocycles. The van der Waals surface area contributed by atoms with E-state index in [0.717, 1.165) is 16.5 Å². The lowest BCUT2D eigenvalue weighted by atomic mass is 10.2. The second-order valence-electron chi connectivity index (χ2n) is 6.91. The molecule has 3 aromatic rings. The predicted molar refractivity (Wildman–Crippen MR) is 121 cm³/mol. The van der Waals surface area contributed by atoms with Gasteiger partial charge in [-0.05, 0) is 17.2 Å². The zero-order valence-corrected chi connectivity index (χ0v) is 17.9. The molecule has 2 aromatic carbocycles. The van der Waals surface area contributed by atoms with E-state index in [2.05, 4.69) is 10.4 Å². The van der Waals surface area contributed by atoms with Crippen LogP contribution in [0.25, 0.3) is 6.08 Å². The van der Waals surface area contributed by atoms with Gasteiger partial charge in [0.2, 0.25) is 5.91 Å². The topological polar surface area (TPSA) is 90.3 Å². The molecule has 0 saturated heterocycles. The molecule has 0 spiro atoms. The van der Waals surface area contributed by atoms with Crippen molar-refractivity contribution in [2.45, 2.75) is 19.6 Å². The van der Waals surface area contributed by atoms with Gasteiger partial charge in [0.25, 0.3) is 0 Å². The number of ether oxygens (including phenoxy) is 1. The number of nitrogens with zero attached hydrogens (tertiary/aromatic N) is 2. The monoisotopic (exact) mass is 439 g/mol. The number of sulfone groups is 1. The third-order valence-electron chi connectivity index (χ3n) is 4.37. The van der Waals surface area contributed by atoms with E-state index in [0.29, 0.717) is 25.4 Å². The van der Waals surface area contributed by atoms with E-state index in [9.17, 15) is 13.2 Å². The predicted octanol–water partition coefficient (Wildman–Crippen LogP) is 3.51. The average Bonchev–Trinajstić information content (AvgIpc) is 3.23. The minimum Gasteiger partial charge on any atom is -0.375 e. The lowest BCUT2D eigenvalue weighted by Gasteiger charge is -2.05. The van der Waals surface area contributed by atoms with E-state index in [-0.39, 0.29) is 18.1 Å². The molecule has 1 heterocycles. The van der Waals surface area contributed by atoms with E-state index >= 15 is 0 Å². The fourth-order valence-corrected chi connectivity index (χ4v) is 3.72. The minimum absolute atomic E-state index is 0.132. The maximum absolute atomic E-state index is 12.1. The summed E-state index contributed by atoms with van der Waals surface area (Å²) in [6.45, 7) is 1.55. The van der Waals surface area contributed by atoms with Gasteiger partial charge in [0, 0.05) is 18.0 Å². The van der Waals surface area contributed by atoms with Crippen LogP contribution >= 0.6 is 0 Å². The van der Waals surface area contributed by atoms with Crippen molar-refractivity contribution in [3.63, 3.8) is 0 Å². The molecule has 0 radical (unpaired) electrons. The normalized spacial score (nSPS) is 11.6. The average molecular weight is 440 g/mol. The Balaban J connectivity index is 1.38. The van der Waals surface area contributed by atoms with Crippen molar-refractivity contribution in [3.05, 3.63) is 89.6 Å². The molecule has 3 rings (SSSR count). The smallest absolute Gasteiger partial charge is 0.225 e. The van der Waals surface area contributed by atoms with Crippen LogP contribution < -0.4 is 5.32 Å². The van der Waals surface area contributed by atoms with Gasteiger partial charge in [-0.2, -0.15) is 5.10 Å². The Morgan fingerprint density at radius 3 is 2.52 bits per heavy atom. The minimum atomic E-state index is -3.48. The summed E-state index contributed by atoms with van der Waals surface area (Å²) in [6.07, 6.45) is 4.61. The van der Waals surface area contributed by atoms with E-state index in [1.165, 1.54) is 12.3 Å². The molecule has 0 bridgehead atoms. The first kappa shape index (κ1) is 22.5. The highest BCUT2D eigenvalue weighted by Gasteiger charge is 2.11. The highest BCUT2D eigenvalue weighted by molar-refractivity contribution is 7.94. The molecule has 162 valence electrons. The van der Waals surface area contributed by atoms with Crippen LogP contribution in [0.5, 0.6) is 0 Å². The zero-order valence-electron chi connectivity index (χ0n) is 17.1. The van der Waals surface area contributed by atoms with E-state index in [1.54, 1.807) is 10.9 Å². The Kier molecular flexibility index (Phi) is 8.14. The first-order chi connectivity index (χ1) is 15.0. The number of carbonyl (C=O) groups excluding carboxylic acids is 1. The summed E-state index contributed by atoms with van der Waals surface area (Å²) >= 11 is 0. The Hall–Kier alpha value is -3.23. The third kappa shape index (κ3) is 8.19. The molecule has 1 amide bonds. The number of hydrogen-bond donors (Lipinski definition) is 1. The molecular formula is C23H25N3O4S. The molecule has 1 aromatic heterocycles. The highest BCUT2D eigenvalue weighted by Crippen LogP contribution is 2.08. The van der Waals surface area contributed by atoms with Crippen molar-refractivity contribution in [2.75, 3.05) is 17.7 Å². The number of anilines is 1. The fraction of sp³-hybridized carbons (Fsp3) is 0.217. The molecule has 1 N–H and O–H groups in total. The summed E-state index contributed by atoms with van der Waals surface area (Å²) in [4.78, 5) is 12.1. The lowest BCUT2D eigenvalue weighted by molar-refractivity contribution is -0.115. The van der Waals surface area contributed by atoms with Crippen LogP contribution in [0.3, 0.4) is 0 Å². The second-order valence-corrected chi connectivity index (χ2v) is 8.91. The highest BCUT2D eigenvalue weighted by atomic mass is 32.2. The number of rotatable bonds is 11. The summed E-state index contributed by atoms with van der Waals surface area (Å²) < 4.78 is 31.5. The van der Waals surface area contributed by atoms with Gasteiger partial charge >= 0.3 is 0 Å². The van der Waals surface area contributed by atoms with Crippen LogP contribution in [0.4, 0.5) is 5.69 Å². The van der Waals surface area contributed by atoms with Crippen molar-refractivity contribution in [2.24, 2.45) is 0 Å². The number of benzene rings is 2. The van der Waals surface area contributed by atoms with E-state index < -0.39 is 9.84 Å². The van der Waals surface area contributed by atoms with Crippen LogP contribution in [0.1, 0.15) is 17.5 Å². The van der Waals surface area contributed by atoms with Gasteiger partial charge in [-0.15, -0.1) is 0 Å². The second kappa shape index (κ2) is 11.2. The maximum atomic E-state index is 12.1. The van der Waals surface area contributed by atoms with Crippen LogP contribution in [-0.2, 0) is 32.5 Å². The van der Waals surface area contributed by atoms with Crippen LogP contribution in [0.15, 0.2) is 78.5 Å². The van der Waals surface area contributed by atoms with Gasteiger partial charge in [-0.3, -0.25) is 9.48 Å². The number of hydrogen-bond acceptors (Lipinski definition) is 5. The fourth-order valence-electron chi connectivity index (χ4n) is 2.75. The van der Waals surface area contributed by atoms with Gasteiger partial charge in [-0.25, -0.2) is 8.42 Å². The molecular weight excluding hydrogens is 414 g/mol. The Bertz CT molecular complexity index is 1090. The van der Waals surface area contributed by atoms with E-state index in [4.69, 9.17) is 4.74 Å². The summed E-state index contributed by atoms with van der Waals surface area (Å²) in [5.74, 6) is -0.638. The van der Waals surface area contributed by atoms with Gasteiger partial charge < -0.3 is 10.1 Å². The van der Waals surface area contributed by atoms with Crippen molar-refractivity contribution >= 4 is 27.5 Å². The van der Waals surface area contributed by atoms with Gasteiger partial charge in [0.15, 0.2) is 9.84 Å². The van der Waals surface area contributed by atoms with Crippen LogP contribution in [0, 0.1) is 0 Å². The third-order valence-corrected chi connectivity index (χ3v) is 5.70. The Labute approximate surface area is 182 Å². The first-order valence-corrected chi connectivity index (χ1v) is 11.6. The summed E-state index contributed by atoms with van der Waals surface area (Å²) in [5, 5.41) is 7.99. The lowest BCUT2D eigenvalue weighted by Crippen LogP contribution is -2.16. The van der Waals surface area contributed by atoms with Crippen LogP contribution in [-0.4, -0.2) is 36.5 Å². The van der Waals surface area contributed by atoms with E-state index in [1.807, 2.05) is 60.7 Å². The van der Waals surface area contributed by atoms with Crippen molar-refractivity contribution in [1.29, 1.82) is 0 Å². The molecule has 0 atom stereocenters. The first-order valence-electron chi connectivity index (χ1n) is 9.90. The summed E-state index contributed by atoms with van der Waals surface area (Å²) in [5.41, 5.74) is 2.41. The van der Waals surface area contributed by atoms with Gasteiger partial charge in [0.1, 0.15) is 0 Å². The Morgan fingerprint density at radius 2 is 1.77 bits per heavy atom. The molecule has 0 aliphatic heterocycles. The van der Waals surface area contributed by atoms with Crippen LogP contribution in [0.2, 0.25) is 0 Å². The summed E-state index contributed by atoms with van der Waals surface area (Å²) in [6, 6.07) is 19.0. The molecule has 0 aliphatic carbocycles. The maximum Gasteiger partial charge on any atom is 0.225 e. The molecule has 31 heavy (non-hydrogen) atoms. The number of nitrogens with one attached hydrogen (secondary N) is 1. The Morgan fingerprint density at radius 1 is 1.06 bits per heavy atom. The molecule has 8 heteroatoms. The van der Waals surface area contributed by atoms with Gasteiger partial charge in [0.05, 0.1) is 37.4 Å². The molecule has 7 nitrogen and oxygen atoms in total. The zero-order chi connectivity index (χ0) is 21.9. The quantitative estimate of drug-likeness (QED) is 0.462. The standard InChI is InChI=1S/C23H25N3O4S/c27-23(12-16-31(28,29)15-11-20-7-3-1-4-8-20)25-22-17-24-26(18-22)13-14-30-19-21-9-5-2-6-10-21/h1-11,15,17-18H,12-14,16,19H2,(H,25,27)/b15-11+. The molecule has 0 aliphatic rings.